The van der Waals surface area contributed by atoms with Crippen molar-refractivity contribution >= 4 is 33.4 Å². The van der Waals surface area contributed by atoms with Crippen LogP contribution in [0, 0.1) is 0 Å². The van der Waals surface area contributed by atoms with Gasteiger partial charge in [-0.2, -0.15) is 0 Å². The number of fused-ring (bicyclic) bond motifs is 1. The van der Waals surface area contributed by atoms with Crippen LogP contribution < -0.4 is 9.47 Å². The molecule has 2 aliphatic heterocycles. The maximum absolute atomic E-state index is 13.4. The van der Waals surface area contributed by atoms with Gasteiger partial charge in [-0.15, -0.1) is 0 Å². The number of nitrogens with zero attached hydrogens (tertiary/aromatic N) is 2. The molecule has 9 heteroatoms. The lowest BCUT2D eigenvalue weighted by Gasteiger charge is -2.27. The van der Waals surface area contributed by atoms with E-state index in [9.17, 15) is 19.8 Å². The number of likely N-dealkylation sites (tertiary alicyclic amines) is 1. The molecule has 2 aromatic carbocycles. The molecule has 37 heavy (non-hydrogen) atoms. The fourth-order valence-electron chi connectivity index (χ4n) is 5.09. The first-order valence-electron chi connectivity index (χ1n) is 12.6. The number of halogens is 1. The molecule has 0 radical (unpaired) electrons. The number of aliphatic hydroxyl groups excluding tert-OH is 1. The Labute approximate surface area is 225 Å². The summed E-state index contributed by atoms with van der Waals surface area (Å²) in [5.41, 5.74) is 1.95. The summed E-state index contributed by atoms with van der Waals surface area (Å²) in [4.78, 5) is 30.4. The monoisotopic (exact) mass is 572 g/mol. The Balaban J connectivity index is 1.80. The first-order chi connectivity index (χ1) is 17.7. The molecule has 0 aromatic heterocycles. The summed E-state index contributed by atoms with van der Waals surface area (Å²) in [5, 5.41) is 21.8. The zero-order chi connectivity index (χ0) is 26.9. The third kappa shape index (κ3) is 5.20. The van der Waals surface area contributed by atoms with Gasteiger partial charge in [0.15, 0.2) is 11.5 Å². The summed E-state index contributed by atoms with van der Waals surface area (Å²) in [7, 11) is 1.43. The third-order valence-electron chi connectivity index (χ3n) is 7.06. The maximum atomic E-state index is 13.4. The predicted molar refractivity (Wildman–Crippen MR) is 144 cm³/mol. The van der Waals surface area contributed by atoms with Gasteiger partial charge in [0.05, 0.1) is 23.2 Å². The summed E-state index contributed by atoms with van der Waals surface area (Å²) < 4.78 is 11.5. The zero-order valence-corrected chi connectivity index (χ0v) is 23.2. The summed E-state index contributed by atoms with van der Waals surface area (Å²) in [6, 6.07) is 7.70. The summed E-state index contributed by atoms with van der Waals surface area (Å²) >= 11 is 3.35. The number of rotatable bonds is 9. The number of amides is 1. The second kappa shape index (κ2) is 11.1. The van der Waals surface area contributed by atoms with E-state index in [2.05, 4.69) is 34.7 Å². The first kappa shape index (κ1) is 27.0. The van der Waals surface area contributed by atoms with E-state index < -0.39 is 17.7 Å². The minimum absolute atomic E-state index is 0.0133. The molecule has 2 aliphatic rings. The van der Waals surface area contributed by atoms with Crippen molar-refractivity contribution in [1.82, 2.24) is 9.80 Å². The number of hydrogen-bond acceptors (Lipinski definition) is 7. The number of aliphatic hydroxyl groups is 1. The number of carbonyl (C=O) groups is 2. The molecule has 1 fully saturated rings. The van der Waals surface area contributed by atoms with Crippen LogP contribution in [0.15, 0.2) is 40.4 Å². The molecule has 2 N–H and O–H groups in total. The predicted octanol–water partition coefficient (Wildman–Crippen LogP) is 4.64. The largest absolute Gasteiger partial charge is 0.507 e. The van der Waals surface area contributed by atoms with Gasteiger partial charge in [-0.3, -0.25) is 9.59 Å². The highest BCUT2D eigenvalue weighted by Gasteiger charge is 2.46. The molecular weight excluding hydrogens is 540 g/mol. The van der Waals surface area contributed by atoms with E-state index in [0.717, 1.165) is 30.9 Å². The average Bonchev–Trinajstić information content (AvgIpc) is 3.38. The van der Waals surface area contributed by atoms with Gasteiger partial charge < -0.3 is 29.5 Å². The SMILES string of the molecule is CCN(CC)CCCN1C(=O)C(=O)/C(=C(/O)c2ccc3c(c2)C[C@@H](C)O3)[C@H]1c1cc(Br)c(O)c(OC)c1. The van der Waals surface area contributed by atoms with Crippen LogP contribution in [-0.4, -0.2) is 71.1 Å². The molecule has 0 aliphatic carbocycles. The highest BCUT2D eigenvalue weighted by atomic mass is 79.9. The number of methoxy groups -OCH3 is 1. The van der Waals surface area contributed by atoms with E-state index in [4.69, 9.17) is 9.47 Å². The Morgan fingerprint density at radius 2 is 1.95 bits per heavy atom. The number of phenolic OH excluding ortho intramolecular Hbond substituents is 1. The van der Waals surface area contributed by atoms with Crippen molar-refractivity contribution in [2.75, 3.05) is 33.3 Å². The molecule has 0 bridgehead atoms. The summed E-state index contributed by atoms with van der Waals surface area (Å²) in [5.74, 6) is -0.769. The Bertz CT molecular complexity index is 1240. The van der Waals surface area contributed by atoms with E-state index in [1.54, 1.807) is 24.3 Å². The fourth-order valence-corrected chi connectivity index (χ4v) is 5.55. The second-order valence-electron chi connectivity index (χ2n) is 9.38. The van der Waals surface area contributed by atoms with E-state index in [1.165, 1.54) is 12.0 Å². The van der Waals surface area contributed by atoms with E-state index >= 15 is 0 Å². The number of phenols is 1. The van der Waals surface area contributed by atoms with Crippen LogP contribution in [0.25, 0.3) is 5.76 Å². The van der Waals surface area contributed by atoms with Gasteiger partial charge in [-0.05, 0) is 90.4 Å². The van der Waals surface area contributed by atoms with Crippen molar-refractivity contribution in [2.24, 2.45) is 0 Å². The van der Waals surface area contributed by atoms with Crippen molar-refractivity contribution < 1.29 is 29.3 Å². The van der Waals surface area contributed by atoms with Crippen molar-refractivity contribution in [3.05, 3.63) is 57.1 Å². The molecule has 8 nitrogen and oxygen atoms in total. The molecule has 2 heterocycles. The smallest absolute Gasteiger partial charge is 0.295 e. The number of carbonyl (C=O) groups excluding carboxylic acids is 2. The minimum Gasteiger partial charge on any atom is -0.507 e. The van der Waals surface area contributed by atoms with Crippen LogP contribution in [0.3, 0.4) is 0 Å². The highest BCUT2D eigenvalue weighted by molar-refractivity contribution is 9.10. The van der Waals surface area contributed by atoms with Crippen LogP contribution in [0.1, 0.15) is 49.9 Å². The lowest BCUT2D eigenvalue weighted by atomic mass is 9.94. The molecule has 2 aromatic rings. The van der Waals surface area contributed by atoms with Crippen LogP contribution in [0.5, 0.6) is 17.2 Å². The van der Waals surface area contributed by atoms with Crippen molar-refractivity contribution in [2.45, 2.75) is 45.8 Å². The Hall–Kier alpha value is -3.04. The van der Waals surface area contributed by atoms with Gasteiger partial charge in [-0.25, -0.2) is 0 Å². The number of ether oxygens (including phenoxy) is 2. The molecule has 0 saturated carbocycles. The van der Waals surface area contributed by atoms with Crippen LogP contribution in [-0.2, 0) is 16.0 Å². The molecule has 198 valence electrons. The van der Waals surface area contributed by atoms with E-state index in [1.807, 2.05) is 13.0 Å². The van der Waals surface area contributed by atoms with Crippen LogP contribution in [0.4, 0.5) is 0 Å². The fraction of sp³-hybridized carbons (Fsp3) is 0.429. The quantitative estimate of drug-likeness (QED) is 0.256. The first-order valence-corrected chi connectivity index (χ1v) is 13.4. The molecular formula is C28H33BrN2O6. The van der Waals surface area contributed by atoms with Crippen LogP contribution >= 0.6 is 15.9 Å². The van der Waals surface area contributed by atoms with E-state index in [0.29, 0.717) is 35.0 Å². The number of benzene rings is 2. The van der Waals surface area contributed by atoms with Gasteiger partial charge in [-0.1, -0.05) is 13.8 Å². The Morgan fingerprint density at radius 1 is 1.22 bits per heavy atom. The third-order valence-corrected chi connectivity index (χ3v) is 7.67. The van der Waals surface area contributed by atoms with E-state index in [-0.39, 0.29) is 28.9 Å². The van der Waals surface area contributed by atoms with Gasteiger partial charge in [0.2, 0.25) is 0 Å². The highest BCUT2D eigenvalue weighted by Crippen LogP contribution is 2.44. The van der Waals surface area contributed by atoms with Crippen LogP contribution in [0.2, 0.25) is 0 Å². The van der Waals surface area contributed by atoms with Crippen molar-refractivity contribution in [3.8, 4) is 17.2 Å². The topological polar surface area (TPSA) is 99.5 Å². The lowest BCUT2D eigenvalue weighted by Crippen LogP contribution is -2.33. The normalized spacial score (nSPS) is 20.4. The number of aromatic hydroxyl groups is 1. The van der Waals surface area contributed by atoms with Gasteiger partial charge >= 0.3 is 0 Å². The van der Waals surface area contributed by atoms with Gasteiger partial charge in [0, 0.05) is 18.5 Å². The molecule has 4 rings (SSSR count). The van der Waals surface area contributed by atoms with Crippen molar-refractivity contribution in [3.63, 3.8) is 0 Å². The molecule has 2 atom stereocenters. The molecule has 0 spiro atoms. The summed E-state index contributed by atoms with van der Waals surface area (Å²) in [6.07, 6.45) is 1.39. The molecule has 0 unspecified atom stereocenters. The average molecular weight is 573 g/mol. The number of ketones is 1. The second-order valence-corrected chi connectivity index (χ2v) is 10.2. The van der Waals surface area contributed by atoms with Crippen molar-refractivity contribution in [1.29, 1.82) is 0 Å². The number of Topliss-reactive ketones (excluding diaryl/α,β-unsaturated/α-hetero) is 1. The van der Waals surface area contributed by atoms with Gasteiger partial charge in [0.25, 0.3) is 11.7 Å². The van der Waals surface area contributed by atoms with Gasteiger partial charge in [0.1, 0.15) is 17.6 Å². The minimum atomic E-state index is -0.842. The maximum Gasteiger partial charge on any atom is 0.295 e. The summed E-state index contributed by atoms with van der Waals surface area (Å²) in [6.45, 7) is 9.02. The standard InChI is InChI=1S/C28H33BrN2O6/c1-5-30(6-2)10-7-11-31-24(19-14-20(29)26(33)22(15-19)36-4)23(27(34)28(31)35)25(32)17-8-9-21-18(13-17)12-16(3)37-21/h8-9,13-16,24,32-33H,5-7,10-12H2,1-4H3/b25-23+/t16-,24-/m1/s1. The number of hydrogen-bond donors (Lipinski definition) is 2. The lowest BCUT2D eigenvalue weighted by molar-refractivity contribution is -0.140. The Morgan fingerprint density at radius 3 is 2.62 bits per heavy atom. The Kier molecular flexibility index (Phi) is 8.14. The molecule has 1 saturated heterocycles. The zero-order valence-electron chi connectivity index (χ0n) is 21.6. The molecule has 1 amide bonds.